The third-order valence-electron chi connectivity index (χ3n) is 10.1. The molecule has 48 heavy (non-hydrogen) atoms. The van der Waals surface area contributed by atoms with Crippen molar-refractivity contribution in [1.82, 2.24) is 15.5 Å². The van der Waals surface area contributed by atoms with Gasteiger partial charge in [-0.3, -0.25) is 19.3 Å². The molecule has 3 fully saturated rings. The molecule has 2 heterocycles. The molecule has 2 aromatic rings. The normalized spacial score (nSPS) is 27.9. The molecule has 1 aliphatic carbocycles. The van der Waals surface area contributed by atoms with Crippen molar-refractivity contribution in [3.05, 3.63) is 70.8 Å². The van der Waals surface area contributed by atoms with E-state index in [9.17, 15) is 19.5 Å². The number of hydrogen-bond acceptors (Lipinski definition) is 7. The van der Waals surface area contributed by atoms with E-state index in [0.717, 1.165) is 41.5 Å². The van der Waals surface area contributed by atoms with Crippen molar-refractivity contribution < 1.29 is 34.1 Å². The number of nitrogens with zero attached hydrogens (tertiary/aromatic N) is 1. The van der Waals surface area contributed by atoms with Crippen LogP contribution in [0.4, 0.5) is 0 Å². The van der Waals surface area contributed by atoms with E-state index in [-0.39, 0.29) is 61.0 Å². The van der Waals surface area contributed by atoms with Gasteiger partial charge in [0.15, 0.2) is 6.29 Å². The third-order valence-corrected chi connectivity index (χ3v) is 10.1. The van der Waals surface area contributed by atoms with E-state index in [4.69, 9.17) is 14.6 Å². The highest BCUT2D eigenvalue weighted by molar-refractivity contribution is 5.82. The molecule has 5 rings (SSSR count). The molecule has 2 aromatic carbocycles. The van der Waals surface area contributed by atoms with Crippen LogP contribution in [0.3, 0.4) is 0 Å². The Kier molecular flexibility index (Phi) is 11.9. The Balaban J connectivity index is 1.39. The standard InChI is InChI=1S/C38H53N3O7/c1-24-32(22-41-30-8-6-5-7-27(30)17-18-31(41)36(46)40-38(2,3)4)47-37(48-35(24)28-13-11-26(23-42)12-14-28)29-15-9-25(10-16-29)21-39-33(43)19-20-34(44)45/h9-16,24,27,30-32,35,37,42H,5-8,17-23H2,1-4H3,(H,39,43)(H,40,46)(H,44,45)/t24-,27+,30+,31+,32+,35+,37+/m0/s1. The zero-order valence-corrected chi connectivity index (χ0v) is 28.8. The monoisotopic (exact) mass is 663 g/mol. The second-order valence-corrected chi connectivity index (χ2v) is 14.9. The van der Waals surface area contributed by atoms with Gasteiger partial charge in [-0.05, 0) is 69.1 Å². The number of nitrogens with one attached hydrogen (secondary N) is 2. The maximum absolute atomic E-state index is 13.8. The maximum Gasteiger partial charge on any atom is 0.303 e. The van der Waals surface area contributed by atoms with Gasteiger partial charge < -0.3 is 30.3 Å². The van der Waals surface area contributed by atoms with E-state index < -0.39 is 12.3 Å². The summed E-state index contributed by atoms with van der Waals surface area (Å²) < 4.78 is 13.5. The molecule has 2 saturated heterocycles. The first kappa shape index (κ1) is 36.0. The average molecular weight is 664 g/mol. The van der Waals surface area contributed by atoms with Gasteiger partial charge in [0, 0.05) is 42.6 Å². The molecule has 0 bridgehead atoms. The molecule has 2 amide bonds. The number of hydrogen-bond donors (Lipinski definition) is 4. The summed E-state index contributed by atoms with van der Waals surface area (Å²) in [5, 5.41) is 24.5. The third kappa shape index (κ3) is 9.22. The van der Waals surface area contributed by atoms with Crippen LogP contribution in [0.5, 0.6) is 0 Å². The predicted molar refractivity (Wildman–Crippen MR) is 181 cm³/mol. The van der Waals surface area contributed by atoms with Crippen LogP contribution in [0.25, 0.3) is 0 Å². The molecule has 4 N–H and O–H groups in total. The van der Waals surface area contributed by atoms with Crippen LogP contribution in [-0.4, -0.2) is 63.2 Å². The van der Waals surface area contributed by atoms with Gasteiger partial charge in [0.1, 0.15) is 0 Å². The van der Waals surface area contributed by atoms with E-state index in [0.29, 0.717) is 25.0 Å². The molecule has 3 aliphatic rings. The van der Waals surface area contributed by atoms with Gasteiger partial charge in [0.05, 0.1) is 31.3 Å². The number of ether oxygens (including phenoxy) is 2. The van der Waals surface area contributed by atoms with E-state index in [1.54, 1.807) is 0 Å². The number of carbonyl (C=O) groups is 3. The van der Waals surface area contributed by atoms with E-state index in [1.165, 1.54) is 19.3 Å². The molecule has 0 radical (unpaired) electrons. The van der Waals surface area contributed by atoms with Gasteiger partial charge in [0.25, 0.3) is 0 Å². The molecular weight excluding hydrogens is 610 g/mol. The van der Waals surface area contributed by atoms with Crippen LogP contribution >= 0.6 is 0 Å². The summed E-state index contributed by atoms with van der Waals surface area (Å²) in [4.78, 5) is 39.0. The number of piperidine rings is 1. The van der Waals surface area contributed by atoms with Crippen molar-refractivity contribution in [2.24, 2.45) is 11.8 Å². The van der Waals surface area contributed by atoms with Crippen molar-refractivity contribution in [3.8, 4) is 0 Å². The zero-order chi connectivity index (χ0) is 34.4. The lowest BCUT2D eigenvalue weighted by molar-refractivity contribution is -0.278. The number of amides is 2. The van der Waals surface area contributed by atoms with Crippen LogP contribution in [0, 0.1) is 11.8 Å². The SMILES string of the molecule is C[C@H]1[C@@H](CN2[C@@H](C(=O)NC(C)(C)C)CC[C@H]3CCCC[C@H]32)O[C@@H](c2ccc(CNC(=O)CCC(=O)O)cc2)O[C@H]1c1ccc(CO)cc1. The number of carboxylic acids is 1. The Morgan fingerprint density at radius 3 is 2.21 bits per heavy atom. The number of likely N-dealkylation sites (tertiary alicyclic amines) is 1. The predicted octanol–water partition coefficient (Wildman–Crippen LogP) is 5.39. The summed E-state index contributed by atoms with van der Waals surface area (Å²) in [6.45, 7) is 9.13. The fourth-order valence-electron chi connectivity index (χ4n) is 7.57. The Morgan fingerprint density at radius 1 is 0.875 bits per heavy atom. The molecule has 10 heteroatoms. The van der Waals surface area contributed by atoms with Crippen LogP contribution < -0.4 is 10.6 Å². The van der Waals surface area contributed by atoms with Gasteiger partial charge in [-0.2, -0.15) is 0 Å². The van der Waals surface area contributed by atoms with Gasteiger partial charge in [0.2, 0.25) is 11.8 Å². The fourth-order valence-corrected chi connectivity index (χ4v) is 7.57. The number of benzene rings is 2. The Morgan fingerprint density at radius 2 is 1.54 bits per heavy atom. The van der Waals surface area contributed by atoms with Gasteiger partial charge in [-0.15, -0.1) is 0 Å². The highest BCUT2D eigenvalue weighted by Gasteiger charge is 2.46. The fraction of sp³-hybridized carbons (Fsp3) is 0.605. The minimum absolute atomic E-state index is 0.0168. The first-order valence-electron chi connectivity index (χ1n) is 17.6. The zero-order valence-electron chi connectivity index (χ0n) is 28.8. The first-order chi connectivity index (χ1) is 22.9. The van der Waals surface area contributed by atoms with Gasteiger partial charge in [-0.1, -0.05) is 68.3 Å². The second-order valence-electron chi connectivity index (χ2n) is 14.9. The van der Waals surface area contributed by atoms with Crippen molar-refractivity contribution in [3.63, 3.8) is 0 Å². The van der Waals surface area contributed by atoms with Crippen molar-refractivity contribution >= 4 is 17.8 Å². The van der Waals surface area contributed by atoms with Crippen molar-refractivity contribution in [2.45, 2.75) is 128 Å². The highest BCUT2D eigenvalue weighted by atomic mass is 16.7. The smallest absolute Gasteiger partial charge is 0.303 e. The van der Waals surface area contributed by atoms with Crippen molar-refractivity contribution in [1.29, 1.82) is 0 Å². The molecular formula is C38H53N3O7. The summed E-state index contributed by atoms with van der Waals surface area (Å²) in [5.74, 6) is -0.650. The average Bonchev–Trinajstić information content (AvgIpc) is 3.07. The van der Waals surface area contributed by atoms with Crippen LogP contribution in [0.1, 0.15) is 114 Å². The maximum atomic E-state index is 13.8. The minimum Gasteiger partial charge on any atom is -0.481 e. The Bertz CT molecular complexity index is 1390. The number of fused-ring (bicyclic) bond motifs is 1. The number of carbonyl (C=O) groups excluding carboxylic acids is 2. The molecule has 2 aliphatic heterocycles. The largest absolute Gasteiger partial charge is 0.481 e. The molecule has 0 spiro atoms. The number of aliphatic carboxylic acids is 1. The number of aliphatic hydroxyl groups is 1. The lowest BCUT2D eigenvalue weighted by Crippen LogP contribution is -2.61. The van der Waals surface area contributed by atoms with Gasteiger partial charge >= 0.3 is 5.97 Å². The van der Waals surface area contributed by atoms with Crippen LogP contribution in [0.2, 0.25) is 0 Å². The number of rotatable bonds is 11. The summed E-state index contributed by atoms with van der Waals surface area (Å²) >= 11 is 0. The molecule has 0 unspecified atom stereocenters. The second kappa shape index (κ2) is 15.9. The van der Waals surface area contributed by atoms with E-state index >= 15 is 0 Å². The van der Waals surface area contributed by atoms with Crippen molar-refractivity contribution in [2.75, 3.05) is 6.54 Å². The highest BCUT2D eigenvalue weighted by Crippen LogP contribution is 2.44. The Hall–Kier alpha value is -3.31. The van der Waals surface area contributed by atoms with Crippen LogP contribution in [0.15, 0.2) is 48.5 Å². The summed E-state index contributed by atoms with van der Waals surface area (Å²) in [5.41, 5.74) is 3.25. The molecule has 262 valence electrons. The van der Waals surface area contributed by atoms with Crippen LogP contribution in [-0.2, 0) is 37.0 Å². The molecule has 7 atom stereocenters. The molecule has 10 nitrogen and oxygen atoms in total. The van der Waals surface area contributed by atoms with E-state index in [2.05, 4.69) is 22.5 Å². The molecule has 0 aromatic heterocycles. The first-order valence-corrected chi connectivity index (χ1v) is 17.6. The summed E-state index contributed by atoms with van der Waals surface area (Å²) in [6, 6.07) is 15.7. The Labute approximate surface area is 284 Å². The van der Waals surface area contributed by atoms with E-state index in [1.807, 2.05) is 69.3 Å². The van der Waals surface area contributed by atoms with Gasteiger partial charge in [-0.25, -0.2) is 0 Å². The lowest BCUT2D eigenvalue weighted by Gasteiger charge is -2.51. The minimum atomic E-state index is -1.00. The lowest BCUT2D eigenvalue weighted by atomic mass is 9.75. The summed E-state index contributed by atoms with van der Waals surface area (Å²) in [7, 11) is 0. The molecule has 1 saturated carbocycles. The number of carboxylic acid groups (broad SMARTS) is 1. The quantitative estimate of drug-likeness (QED) is 0.251. The number of aliphatic hydroxyl groups excluding tert-OH is 1. The summed E-state index contributed by atoms with van der Waals surface area (Å²) in [6.07, 6.45) is 5.21. The topological polar surface area (TPSA) is 137 Å².